The molecular formula is C17H31N3O3. The molecule has 1 fully saturated rings. The molecule has 0 aromatic carbocycles. The van der Waals surface area contributed by atoms with Crippen LogP contribution in [0, 0.1) is 11.3 Å². The second-order valence-corrected chi connectivity index (χ2v) is 7.76. The maximum atomic E-state index is 13.1. The standard InChI is InChI=1S/C17H31N3O3/c1-10(2)14(19-11(3)21)16(23)20-12(15(22)18-7)8-9-13(20)17(4,5)6/h10,12-14H,8-9H2,1-7H3,(H,18,22)(H,19,21)/t12-,13+,14-/m0/s1. The van der Waals surface area contributed by atoms with E-state index < -0.39 is 12.1 Å². The number of hydrogen-bond donors (Lipinski definition) is 2. The average molecular weight is 325 g/mol. The summed E-state index contributed by atoms with van der Waals surface area (Å²) in [6, 6.07) is -1.10. The summed E-state index contributed by atoms with van der Waals surface area (Å²) in [7, 11) is 1.59. The van der Waals surface area contributed by atoms with Gasteiger partial charge in [-0.3, -0.25) is 14.4 Å². The SMILES string of the molecule is CNC(=O)[C@@H]1CC[C@H](C(C)(C)C)N1C(=O)[C@@H](NC(C)=O)C(C)C. The van der Waals surface area contributed by atoms with Gasteiger partial charge in [-0.25, -0.2) is 0 Å². The summed E-state index contributed by atoms with van der Waals surface area (Å²) in [5.41, 5.74) is -0.129. The molecule has 3 atom stereocenters. The Morgan fingerprint density at radius 3 is 2.09 bits per heavy atom. The summed E-state index contributed by atoms with van der Waals surface area (Å²) in [5.74, 6) is -0.588. The van der Waals surface area contributed by atoms with Gasteiger partial charge in [0.2, 0.25) is 17.7 Å². The molecule has 0 aromatic heterocycles. The van der Waals surface area contributed by atoms with Gasteiger partial charge in [-0.15, -0.1) is 0 Å². The molecule has 2 N–H and O–H groups in total. The van der Waals surface area contributed by atoms with Crippen LogP contribution < -0.4 is 10.6 Å². The molecule has 1 aliphatic heterocycles. The smallest absolute Gasteiger partial charge is 0.246 e. The molecule has 6 nitrogen and oxygen atoms in total. The number of rotatable bonds is 4. The minimum atomic E-state index is -0.609. The van der Waals surface area contributed by atoms with E-state index in [1.165, 1.54) is 6.92 Å². The predicted octanol–water partition coefficient (Wildman–Crippen LogP) is 1.30. The number of carbonyl (C=O) groups excluding carboxylic acids is 3. The van der Waals surface area contributed by atoms with Crippen molar-refractivity contribution < 1.29 is 14.4 Å². The maximum Gasteiger partial charge on any atom is 0.246 e. The first-order valence-electron chi connectivity index (χ1n) is 8.31. The number of carbonyl (C=O) groups is 3. The first-order valence-corrected chi connectivity index (χ1v) is 8.31. The molecule has 1 aliphatic rings. The highest BCUT2D eigenvalue weighted by Gasteiger charge is 2.47. The summed E-state index contributed by atoms with van der Waals surface area (Å²) in [5, 5.41) is 5.40. The molecular weight excluding hydrogens is 294 g/mol. The Labute approximate surface area is 139 Å². The lowest BCUT2D eigenvalue weighted by Gasteiger charge is -2.40. The molecule has 0 bridgehead atoms. The summed E-state index contributed by atoms with van der Waals surface area (Å²) in [6.45, 7) is 11.4. The molecule has 0 aromatic rings. The van der Waals surface area contributed by atoms with E-state index in [4.69, 9.17) is 0 Å². The van der Waals surface area contributed by atoms with Crippen LogP contribution in [-0.4, -0.2) is 47.8 Å². The maximum absolute atomic E-state index is 13.1. The summed E-state index contributed by atoms with van der Waals surface area (Å²) < 4.78 is 0. The van der Waals surface area contributed by atoms with Gasteiger partial charge in [0, 0.05) is 20.0 Å². The zero-order chi connectivity index (χ0) is 17.9. The third-order valence-corrected chi connectivity index (χ3v) is 4.48. The fourth-order valence-corrected chi connectivity index (χ4v) is 3.29. The molecule has 1 rings (SSSR count). The van der Waals surface area contributed by atoms with Crippen molar-refractivity contribution in [3.63, 3.8) is 0 Å². The largest absolute Gasteiger partial charge is 0.357 e. The molecule has 0 aliphatic carbocycles. The lowest BCUT2D eigenvalue weighted by atomic mass is 9.85. The molecule has 23 heavy (non-hydrogen) atoms. The second kappa shape index (κ2) is 7.32. The fourth-order valence-electron chi connectivity index (χ4n) is 3.29. The van der Waals surface area contributed by atoms with Crippen LogP contribution in [-0.2, 0) is 14.4 Å². The Balaban J connectivity index is 3.18. The Kier molecular flexibility index (Phi) is 6.19. The number of hydrogen-bond acceptors (Lipinski definition) is 3. The number of nitrogens with zero attached hydrogens (tertiary/aromatic N) is 1. The summed E-state index contributed by atoms with van der Waals surface area (Å²) in [6.07, 6.45) is 1.44. The van der Waals surface area contributed by atoms with E-state index in [9.17, 15) is 14.4 Å². The molecule has 1 heterocycles. The zero-order valence-electron chi connectivity index (χ0n) is 15.4. The van der Waals surface area contributed by atoms with E-state index in [1.807, 2.05) is 13.8 Å². The van der Waals surface area contributed by atoms with Crippen molar-refractivity contribution in [2.75, 3.05) is 7.05 Å². The monoisotopic (exact) mass is 325 g/mol. The van der Waals surface area contributed by atoms with Gasteiger partial charge < -0.3 is 15.5 Å². The molecule has 0 saturated carbocycles. The molecule has 6 heteroatoms. The Bertz CT molecular complexity index is 468. The van der Waals surface area contributed by atoms with Gasteiger partial charge in [0.05, 0.1) is 0 Å². The minimum Gasteiger partial charge on any atom is -0.357 e. The molecule has 132 valence electrons. The number of likely N-dealkylation sites (tertiary alicyclic amines) is 1. The topological polar surface area (TPSA) is 78.5 Å². The third kappa shape index (κ3) is 4.45. The normalized spacial score (nSPS) is 22.9. The highest BCUT2D eigenvalue weighted by atomic mass is 16.2. The number of nitrogens with one attached hydrogen (secondary N) is 2. The predicted molar refractivity (Wildman–Crippen MR) is 89.6 cm³/mol. The van der Waals surface area contributed by atoms with Gasteiger partial charge in [0.1, 0.15) is 12.1 Å². The van der Waals surface area contributed by atoms with Gasteiger partial charge in [-0.1, -0.05) is 34.6 Å². The van der Waals surface area contributed by atoms with Crippen molar-refractivity contribution in [2.45, 2.75) is 72.5 Å². The highest BCUT2D eigenvalue weighted by molar-refractivity contribution is 5.92. The van der Waals surface area contributed by atoms with E-state index in [2.05, 4.69) is 31.4 Å². The number of likely N-dealkylation sites (N-methyl/N-ethyl adjacent to an activating group) is 1. The van der Waals surface area contributed by atoms with Gasteiger partial charge in [0.25, 0.3) is 0 Å². The van der Waals surface area contributed by atoms with Crippen molar-refractivity contribution >= 4 is 17.7 Å². The van der Waals surface area contributed by atoms with E-state index in [-0.39, 0.29) is 35.1 Å². The third-order valence-electron chi connectivity index (χ3n) is 4.48. The van der Waals surface area contributed by atoms with Crippen LogP contribution in [0.3, 0.4) is 0 Å². The Morgan fingerprint density at radius 1 is 1.13 bits per heavy atom. The van der Waals surface area contributed by atoms with Gasteiger partial charge in [0.15, 0.2) is 0 Å². The van der Waals surface area contributed by atoms with Crippen LogP contribution in [0.2, 0.25) is 0 Å². The molecule has 0 radical (unpaired) electrons. The molecule has 0 spiro atoms. The van der Waals surface area contributed by atoms with Crippen molar-refractivity contribution in [3.05, 3.63) is 0 Å². The van der Waals surface area contributed by atoms with Crippen LogP contribution in [0.4, 0.5) is 0 Å². The van der Waals surface area contributed by atoms with Gasteiger partial charge in [-0.05, 0) is 24.2 Å². The average Bonchev–Trinajstić information content (AvgIpc) is 2.87. The first kappa shape index (κ1) is 19.5. The minimum absolute atomic E-state index is 0.0210. The Morgan fingerprint density at radius 2 is 1.70 bits per heavy atom. The fraction of sp³-hybridized carbons (Fsp3) is 0.824. The number of amides is 3. The van der Waals surface area contributed by atoms with E-state index in [0.29, 0.717) is 6.42 Å². The lowest BCUT2D eigenvalue weighted by molar-refractivity contribution is -0.146. The molecule has 3 amide bonds. The highest BCUT2D eigenvalue weighted by Crippen LogP contribution is 2.37. The van der Waals surface area contributed by atoms with E-state index in [1.54, 1.807) is 11.9 Å². The van der Waals surface area contributed by atoms with Crippen LogP contribution in [0.15, 0.2) is 0 Å². The van der Waals surface area contributed by atoms with Crippen LogP contribution in [0.1, 0.15) is 54.4 Å². The van der Waals surface area contributed by atoms with E-state index >= 15 is 0 Å². The Hall–Kier alpha value is -1.59. The van der Waals surface area contributed by atoms with E-state index in [0.717, 1.165) is 6.42 Å². The molecule has 1 saturated heterocycles. The van der Waals surface area contributed by atoms with Crippen molar-refractivity contribution in [2.24, 2.45) is 11.3 Å². The summed E-state index contributed by atoms with van der Waals surface area (Å²) >= 11 is 0. The van der Waals surface area contributed by atoms with Crippen molar-refractivity contribution in [1.82, 2.24) is 15.5 Å². The van der Waals surface area contributed by atoms with Crippen LogP contribution in [0.5, 0.6) is 0 Å². The van der Waals surface area contributed by atoms with Crippen LogP contribution in [0.25, 0.3) is 0 Å². The first-order chi connectivity index (χ1) is 10.5. The summed E-state index contributed by atoms with van der Waals surface area (Å²) in [4.78, 5) is 38.5. The van der Waals surface area contributed by atoms with Crippen molar-refractivity contribution in [3.8, 4) is 0 Å². The van der Waals surface area contributed by atoms with Crippen LogP contribution >= 0.6 is 0 Å². The van der Waals surface area contributed by atoms with Gasteiger partial charge in [-0.2, -0.15) is 0 Å². The lowest BCUT2D eigenvalue weighted by Crippen LogP contribution is -2.58. The zero-order valence-corrected chi connectivity index (χ0v) is 15.4. The van der Waals surface area contributed by atoms with Gasteiger partial charge >= 0.3 is 0 Å². The molecule has 0 unspecified atom stereocenters. The second-order valence-electron chi connectivity index (χ2n) is 7.76. The quantitative estimate of drug-likeness (QED) is 0.818. The van der Waals surface area contributed by atoms with Crippen molar-refractivity contribution in [1.29, 1.82) is 0 Å².